The first-order valence-electron chi connectivity index (χ1n) is 7.75. The quantitative estimate of drug-likeness (QED) is 0.615. The zero-order valence-corrected chi connectivity index (χ0v) is 13.3. The average molecular weight is 303 g/mol. The van der Waals surface area contributed by atoms with Gasteiger partial charge in [-0.1, -0.05) is 0 Å². The van der Waals surface area contributed by atoms with Crippen LogP contribution >= 0.6 is 0 Å². The molecule has 1 saturated heterocycles. The Hall–Kier alpha value is -2.11. The van der Waals surface area contributed by atoms with Gasteiger partial charge in [-0.15, -0.1) is 0 Å². The lowest BCUT2D eigenvalue weighted by molar-refractivity contribution is -0.125. The number of amides is 3. The molecule has 2 aliphatic rings. The number of rotatable bonds is 5. The second-order valence-corrected chi connectivity index (χ2v) is 6.07. The Morgan fingerprint density at radius 1 is 1.27 bits per heavy atom. The van der Waals surface area contributed by atoms with E-state index < -0.39 is 0 Å². The molecule has 3 rings (SSSR count). The van der Waals surface area contributed by atoms with E-state index in [9.17, 15) is 14.4 Å². The van der Waals surface area contributed by atoms with Gasteiger partial charge in [-0.2, -0.15) is 0 Å². The fraction of sp³-hybridized carbons (Fsp3) is 0.562. The maximum absolute atomic E-state index is 12.5. The zero-order valence-electron chi connectivity index (χ0n) is 13.3. The molecule has 1 aromatic heterocycles. The van der Waals surface area contributed by atoms with E-state index in [1.807, 2.05) is 26.8 Å². The maximum atomic E-state index is 12.5. The number of urea groups is 1. The SMILES string of the molecule is CCn1c(C)cc(C(=O)CN2C(=O)CN(C3CC3)C2=O)c1C. The van der Waals surface area contributed by atoms with Crippen molar-refractivity contribution in [2.45, 2.75) is 46.2 Å². The summed E-state index contributed by atoms with van der Waals surface area (Å²) in [6, 6.07) is 1.72. The Labute approximate surface area is 129 Å². The molecule has 1 aliphatic carbocycles. The van der Waals surface area contributed by atoms with E-state index in [1.165, 1.54) is 0 Å². The van der Waals surface area contributed by atoms with Gasteiger partial charge >= 0.3 is 6.03 Å². The highest BCUT2D eigenvalue weighted by molar-refractivity contribution is 6.08. The van der Waals surface area contributed by atoms with Crippen molar-refractivity contribution in [3.05, 3.63) is 23.0 Å². The number of aryl methyl sites for hydroxylation is 1. The van der Waals surface area contributed by atoms with Gasteiger partial charge in [0.25, 0.3) is 5.91 Å². The topological polar surface area (TPSA) is 62.6 Å². The van der Waals surface area contributed by atoms with Gasteiger partial charge < -0.3 is 9.47 Å². The van der Waals surface area contributed by atoms with Crippen LogP contribution in [0.5, 0.6) is 0 Å². The number of Topliss-reactive ketones (excluding diaryl/α,β-unsaturated/α-hetero) is 1. The Balaban J connectivity index is 1.77. The van der Waals surface area contributed by atoms with E-state index in [4.69, 9.17) is 0 Å². The summed E-state index contributed by atoms with van der Waals surface area (Å²) in [4.78, 5) is 39.5. The number of hydrogen-bond acceptors (Lipinski definition) is 3. The second-order valence-electron chi connectivity index (χ2n) is 6.07. The van der Waals surface area contributed by atoms with Crippen LogP contribution in [0, 0.1) is 13.8 Å². The van der Waals surface area contributed by atoms with Crippen molar-refractivity contribution >= 4 is 17.7 Å². The third-order valence-corrected chi connectivity index (χ3v) is 4.56. The molecule has 1 saturated carbocycles. The van der Waals surface area contributed by atoms with E-state index in [1.54, 1.807) is 4.90 Å². The van der Waals surface area contributed by atoms with Gasteiger partial charge in [0.1, 0.15) is 6.54 Å². The van der Waals surface area contributed by atoms with Crippen molar-refractivity contribution in [2.24, 2.45) is 0 Å². The molecule has 6 nitrogen and oxygen atoms in total. The highest BCUT2D eigenvalue weighted by atomic mass is 16.2. The molecule has 1 aromatic rings. The van der Waals surface area contributed by atoms with Gasteiger partial charge in [0.2, 0.25) is 0 Å². The van der Waals surface area contributed by atoms with Crippen molar-refractivity contribution in [1.29, 1.82) is 0 Å². The van der Waals surface area contributed by atoms with Gasteiger partial charge in [0.05, 0.1) is 6.54 Å². The van der Waals surface area contributed by atoms with Crippen molar-refractivity contribution in [1.82, 2.24) is 14.4 Å². The predicted octanol–water partition coefficient (Wildman–Crippen LogP) is 1.73. The monoisotopic (exact) mass is 303 g/mol. The molecule has 0 spiro atoms. The summed E-state index contributed by atoms with van der Waals surface area (Å²) in [5.41, 5.74) is 2.51. The molecule has 0 bridgehead atoms. The maximum Gasteiger partial charge on any atom is 0.327 e. The van der Waals surface area contributed by atoms with Crippen LogP contribution in [-0.2, 0) is 11.3 Å². The van der Waals surface area contributed by atoms with Crippen LogP contribution in [0.2, 0.25) is 0 Å². The number of hydrogen-bond donors (Lipinski definition) is 0. The molecule has 0 N–H and O–H groups in total. The molecule has 0 atom stereocenters. The molecule has 2 heterocycles. The van der Waals surface area contributed by atoms with Gasteiger partial charge in [0, 0.05) is 29.5 Å². The summed E-state index contributed by atoms with van der Waals surface area (Å²) in [7, 11) is 0. The van der Waals surface area contributed by atoms with Gasteiger partial charge in [-0.25, -0.2) is 4.79 Å². The van der Waals surface area contributed by atoms with Crippen LogP contribution in [-0.4, -0.2) is 51.2 Å². The van der Waals surface area contributed by atoms with Crippen LogP contribution in [0.15, 0.2) is 6.07 Å². The molecule has 2 fully saturated rings. The number of imide groups is 1. The molecule has 22 heavy (non-hydrogen) atoms. The van der Waals surface area contributed by atoms with E-state index in [0.29, 0.717) is 5.56 Å². The molecular weight excluding hydrogens is 282 g/mol. The third kappa shape index (κ3) is 2.32. The van der Waals surface area contributed by atoms with E-state index in [-0.39, 0.29) is 36.9 Å². The Bertz CT molecular complexity index is 658. The number of carbonyl (C=O) groups excluding carboxylic acids is 3. The summed E-state index contributed by atoms with van der Waals surface area (Å²) < 4.78 is 2.05. The standard InChI is InChI=1S/C16H21N3O3/c1-4-17-10(2)7-13(11(17)3)14(20)8-19-15(21)9-18(16(19)22)12-5-6-12/h7,12H,4-6,8-9H2,1-3H3. The van der Waals surface area contributed by atoms with E-state index in [0.717, 1.165) is 35.7 Å². The third-order valence-electron chi connectivity index (χ3n) is 4.56. The van der Waals surface area contributed by atoms with Crippen molar-refractivity contribution in [2.75, 3.05) is 13.1 Å². The summed E-state index contributed by atoms with van der Waals surface area (Å²) in [5.74, 6) is -0.443. The number of nitrogens with zero attached hydrogens (tertiary/aromatic N) is 3. The Morgan fingerprint density at radius 3 is 2.50 bits per heavy atom. The zero-order chi connectivity index (χ0) is 16.0. The fourth-order valence-corrected chi connectivity index (χ4v) is 3.19. The molecule has 118 valence electrons. The Morgan fingerprint density at radius 2 is 1.95 bits per heavy atom. The highest BCUT2D eigenvalue weighted by Gasteiger charge is 2.44. The van der Waals surface area contributed by atoms with E-state index >= 15 is 0 Å². The predicted molar refractivity (Wildman–Crippen MR) is 80.7 cm³/mol. The van der Waals surface area contributed by atoms with Crippen molar-refractivity contribution in [3.63, 3.8) is 0 Å². The van der Waals surface area contributed by atoms with Crippen LogP contribution < -0.4 is 0 Å². The van der Waals surface area contributed by atoms with Crippen LogP contribution in [0.1, 0.15) is 41.5 Å². The molecule has 0 aromatic carbocycles. The smallest absolute Gasteiger partial charge is 0.327 e. The molecule has 1 aliphatic heterocycles. The summed E-state index contributed by atoms with van der Waals surface area (Å²) in [5, 5.41) is 0. The van der Waals surface area contributed by atoms with Crippen LogP contribution in [0.4, 0.5) is 4.79 Å². The number of ketones is 1. The van der Waals surface area contributed by atoms with Gasteiger partial charge in [-0.3, -0.25) is 14.5 Å². The lowest BCUT2D eigenvalue weighted by Crippen LogP contribution is -2.37. The summed E-state index contributed by atoms with van der Waals surface area (Å²) >= 11 is 0. The first kappa shape index (κ1) is 14.8. The van der Waals surface area contributed by atoms with Gasteiger partial charge in [0.15, 0.2) is 5.78 Å². The lowest BCUT2D eigenvalue weighted by Gasteiger charge is -2.15. The van der Waals surface area contributed by atoms with Gasteiger partial charge in [-0.05, 0) is 39.7 Å². The van der Waals surface area contributed by atoms with E-state index in [2.05, 4.69) is 4.57 Å². The largest absolute Gasteiger partial charge is 0.349 e. The molecular formula is C16H21N3O3. The lowest BCUT2D eigenvalue weighted by atomic mass is 10.1. The number of carbonyl (C=O) groups is 3. The van der Waals surface area contributed by atoms with Crippen LogP contribution in [0.3, 0.4) is 0 Å². The van der Waals surface area contributed by atoms with Crippen LogP contribution in [0.25, 0.3) is 0 Å². The second kappa shape index (κ2) is 5.26. The fourth-order valence-electron chi connectivity index (χ4n) is 3.19. The summed E-state index contributed by atoms with van der Waals surface area (Å²) in [6.45, 7) is 6.62. The number of aromatic nitrogens is 1. The minimum Gasteiger partial charge on any atom is -0.349 e. The molecule has 6 heteroatoms. The molecule has 3 amide bonds. The molecule has 0 unspecified atom stereocenters. The minimum atomic E-state index is -0.315. The molecule has 0 radical (unpaired) electrons. The van der Waals surface area contributed by atoms with Crippen molar-refractivity contribution in [3.8, 4) is 0 Å². The Kier molecular flexibility index (Phi) is 3.54. The average Bonchev–Trinajstić information content (AvgIpc) is 3.22. The first-order valence-corrected chi connectivity index (χ1v) is 7.75. The van der Waals surface area contributed by atoms with Crippen molar-refractivity contribution < 1.29 is 14.4 Å². The highest BCUT2D eigenvalue weighted by Crippen LogP contribution is 2.30. The normalized spacial score (nSPS) is 18.5. The minimum absolute atomic E-state index is 0.116. The summed E-state index contributed by atoms with van der Waals surface area (Å²) in [6.07, 6.45) is 1.91. The first-order chi connectivity index (χ1) is 10.4.